The average Bonchev–Trinajstić information content (AvgIpc) is 2.63. The number of hydrogen-bond donors (Lipinski definition) is 0. The number of benzene rings is 2. The van der Waals surface area contributed by atoms with Gasteiger partial charge in [0.05, 0.1) is 12.7 Å². The summed E-state index contributed by atoms with van der Waals surface area (Å²) >= 11 is 3.54. The zero-order valence-corrected chi connectivity index (χ0v) is 16.3. The van der Waals surface area contributed by atoms with Gasteiger partial charge < -0.3 is 9.64 Å². The summed E-state index contributed by atoms with van der Waals surface area (Å²) in [6, 6.07) is 10.2. The predicted molar refractivity (Wildman–Crippen MR) is 103 cm³/mol. The van der Waals surface area contributed by atoms with Crippen LogP contribution in [0.3, 0.4) is 0 Å². The van der Waals surface area contributed by atoms with Crippen LogP contribution in [0.4, 0.5) is 4.39 Å². The second kappa shape index (κ2) is 7.41. The van der Waals surface area contributed by atoms with Crippen molar-refractivity contribution < 1.29 is 13.9 Å². The lowest BCUT2D eigenvalue weighted by atomic mass is 10.0. The van der Waals surface area contributed by atoms with Crippen molar-refractivity contribution in [3.63, 3.8) is 0 Å². The van der Waals surface area contributed by atoms with E-state index >= 15 is 0 Å². The zero-order valence-electron chi connectivity index (χ0n) is 14.7. The highest BCUT2D eigenvalue weighted by Crippen LogP contribution is 2.35. The first kappa shape index (κ1) is 18.3. The van der Waals surface area contributed by atoms with Crippen molar-refractivity contribution in [3.8, 4) is 5.75 Å². The number of nitrogens with zero attached hydrogens (tertiary/aromatic N) is 2. The van der Waals surface area contributed by atoms with E-state index in [2.05, 4.69) is 20.9 Å². The predicted octanol–water partition coefficient (Wildman–Crippen LogP) is 4.44. The minimum atomic E-state index is -0.254. The van der Waals surface area contributed by atoms with E-state index in [0.717, 1.165) is 21.0 Å². The van der Waals surface area contributed by atoms with Gasteiger partial charge in [-0.25, -0.2) is 4.39 Å². The number of carbonyl (C=O) groups excluding carboxylic acids is 1. The van der Waals surface area contributed by atoms with Gasteiger partial charge in [0.15, 0.2) is 5.75 Å². The van der Waals surface area contributed by atoms with Gasteiger partial charge in [-0.2, -0.15) is 0 Å². The van der Waals surface area contributed by atoms with Gasteiger partial charge in [-0.05, 0) is 41.8 Å². The third-order valence-corrected chi connectivity index (χ3v) is 4.75. The van der Waals surface area contributed by atoms with Crippen LogP contribution in [-0.4, -0.2) is 37.0 Å². The highest BCUT2D eigenvalue weighted by Gasteiger charge is 2.20. The zero-order chi connectivity index (χ0) is 18.8. The molecule has 0 unspecified atom stereocenters. The van der Waals surface area contributed by atoms with Crippen LogP contribution >= 0.6 is 15.9 Å². The maximum atomic E-state index is 13.1. The van der Waals surface area contributed by atoms with E-state index in [1.807, 2.05) is 6.07 Å². The van der Waals surface area contributed by atoms with Gasteiger partial charge in [-0.1, -0.05) is 28.1 Å². The number of aromatic nitrogens is 1. The summed E-state index contributed by atoms with van der Waals surface area (Å²) in [4.78, 5) is 18.5. The van der Waals surface area contributed by atoms with Crippen molar-refractivity contribution >= 4 is 32.7 Å². The van der Waals surface area contributed by atoms with Crippen LogP contribution in [-0.2, 0) is 6.42 Å². The third kappa shape index (κ3) is 3.55. The van der Waals surface area contributed by atoms with Gasteiger partial charge in [0.25, 0.3) is 5.91 Å². The summed E-state index contributed by atoms with van der Waals surface area (Å²) in [5, 5.41) is 0.858. The van der Waals surface area contributed by atoms with E-state index < -0.39 is 0 Å². The molecule has 1 heterocycles. The number of halogens is 2. The van der Waals surface area contributed by atoms with E-state index in [0.29, 0.717) is 23.3 Å². The van der Waals surface area contributed by atoms with E-state index in [1.54, 1.807) is 38.5 Å². The lowest BCUT2D eigenvalue weighted by Crippen LogP contribution is -2.22. The number of fused-ring (bicyclic) bond motifs is 1. The number of carbonyl (C=O) groups is 1. The molecule has 0 N–H and O–H groups in total. The normalized spacial score (nSPS) is 10.8. The minimum absolute atomic E-state index is 0.151. The fourth-order valence-electron chi connectivity index (χ4n) is 2.81. The van der Waals surface area contributed by atoms with E-state index in [9.17, 15) is 9.18 Å². The molecular formula is C20H18BrFN2O2. The molecule has 0 fully saturated rings. The number of rotatable bonds is 4. The smallest absolute Gasteiger partial charge is 0.257 e. The second-order valence-corrected chi connectivity index (χ2v) is 7.04. The Morgan fingerprint density at radius 2 is 1.88 bits per heavy atom. The highest BCUT2D eigenvalue weighted by atomic mass is 79.9. The van der Waals surface area contributed by atoms with E-state index in [1.165, 1.54) is 24.1 Å². The van der Waals surface area contributed by atoms with Gasteiger partial charge in [0.1, 0.15) is 11.3 Å². The Labute approximate surface area is 159 Å². The number of ether oxygens (including phenoxy) is 1. The molecule has 3 rings (SSSR count). The summed E-state index contributed by atoms with van der Waals surface area (Å²) in [5.41, 5.74) is 3.05. The van der Waals surface area contributed by atoms with Crippen LogP contribution in [0.25, 0.3) is 10.9 Å². The molecule has 2 aromatic carbocycles. The van der Waals surface area contributed by atoms with Gasteiger partial charge in [0, 0.05) is 30.2 Å². The standard InChI is InChI=1S/C20H18BrFN2O2/c1-24(2)20(25)16-10-17(21)15-9-13(11-23-18(15)19(16)26-3)8-12-4-6-14(22)7-5-12/h4-7,9-11H,8H2,1-3H3. The molecule has 0 aliphatic rings. The molecule has 0 bridgehead atoms. The van der Waals surface area contributed by atoms with Crippen LogP contribution in [0.15, 0.2) is 47.1 Å². The Kier molecular flexibility index (Phi) is 5.23. The number of hydrogen-bond acceptors (Lipinski definition) is 3. The molecule has 0 aliphatic carbocycles. The lowest BCUT2D eigenvalue weighted by molar-refractivity contribution is 0.0824. The lowest BCUT2D eigenvalue weighted by Gasteiger charge is -2.16. The first-order valence-electron chi connectivity index (χ1n) is 8.02. The first-order chi connectivity index (χ1) is 12.4. The molecule has 26 heavy (non-hydrogen) atoms. The molecule has 0 saturated heterocycles. The van der Waals surface area contributed by atoms with Crippen molar-refractivity contribution in [3.05, 3.63) is 69.6 Å². The third-order valence-electron chi connectivity index (χ3n) is 4.09. The molecule has 0 saturated carbocycles. The van der Waals surface area contributed by atoms with Gasteiger partial charge in [0.2, 0.25) is 0 Å². The van der Waals surface area contributed by atoms with Gasteiger partial charge >= 0.3 is 0 Å². The number of pyridine rings is 1. The van der Waals surface area contributed by atoms with Crippen molar-refractivity contribution in [1.29, 1.82) is 0 Å². The minimum Gasteiger partial charge on any atom is -0.494 e. The largest absolute Gasteiger partial charge is 0.494 e. The van der Waals surface area contributed by atoms with Crippen LogP contribution in [0, 0.1) is 5.82 Å². The Bertz CT molecular complexity index is 972. The quantitative estimate of drug-likeness (QED) is 0.631. The molecule has 0 radical (unpaired) electrons. The van der Waals surface area contributed by atoms with Crippen molar-refractivity contribution in [2.45, 2.75) is 6.42 Å². The fourth-order valence-corrected chi connectivity index (χ4v) is 3.34. The maximum Gasteiger partial charge on any atom is 0.257 e. The second-order valence-electron chi connectivity index (χ2n) is 6.18. The average molecular weight is 417 g/mol. The highest BCUT2D eigenvalue weighted by molar-refractivity contribution is 9.10. The topological polar surface area (TPSA) is 42.4 Å². The Hall–Kier alpha value is -2.47. The summed E-state index contributed by atoms with van der Waals surface area (Å²) in [5.74, 6) is 0.0489. The summed E-state index contributed by atoms with van der Waals surface area (Å²) in [7, 11) is 4.92. The Balaban J connectivity index is 2.07. The first-order valence-corrected chi connectivity index (χ1v) is 8.81. The molecule has 134 valence electrons. The Morgan fingerprint density at radius 3 is 2.50 bits per heavy atom. The van der Waals surface area contributed by atoms with Crippen molar-refractivity contribution in [2.24, 2.45) is 0 Å². The maximum absolute atomic E-state index is 13.1. The van der Waals surface area contributed by atoms with Crippen molar-refractivity contribution in [1.82, 2.24) is 9.88 Å². The molecule has 3 aromatic rings. The van der Waals surface area contributed by atoms with Crippen molar-refractivity contribution in [2.75, 3.05) is 21.2 Å². The number of amides is 1. The van der Waals surface area contributed by atoms with Crippen LogP contribution in [0.2, 0.25) is 0 Å². The molecule has 1 amide bonds. The molecule has 1 aromatic heterocycles. The molecule has 0 aliphatic heterocycles. The van der Waals surface area contributed by atoms with E-state index in [4.69, 9.17) is 4.74 Å². The van der Waals surface area contributed by atoms with Crippen LogP contribution in [0.1, 0.15) is 21.5 Å². The van der Waals surface area contributed by atoms with Crippen LogP contribution in [0.5, 0.6) is 5.75 Å². The van der Waals surface area contributed by atoms with E-state index in [-0.39, 0.29) is 11.7 Å². The van der Waals surface area contributed by atoms with Crippen LogP contribution < -0.4 is 4.74 Å². The van der Waals surface area contributed by atoms with Gasteiger partial charge in [-0.3, -0.25) is 9.78 Å². The van der Waals surface area contributed by atoms with Gasteiger partial charge in [-0.15, -0.1) is 0 Å². The molecule has 0 atom stereocenters. The molecule has 0 spiro atoms. The SMILES string of the molecule is COc1c(C(=O)N(C)C)cc(Br)c2cc(Cc3ccc(F)cc3)cnc12. The molecule has 6 heteroatoms. The fraction of sp³-hybridized carbons (Fsp3) is 0.200. The number of methoxy groups -OCH3 is 1. The monoisotopic (exact) mass is 416 g/mol. The Morgan fingerprint density at radius 1 is 1.19 bits per heavy atom. The summed E-state index contributed by atoms with van der Waals surface area (Å²) in [6.07, 6.45) is 2.39. The molecular weight excluding hydrogens is 399 g/mol. The molecule has 4 nitrogen and oxygen atoms in total. The summed E-state index contributed by atoms with van der Waals surface area (Å²) in [6.45, 7) is 0. The summed E-state index contributed by atoms with van der Waals surface area (Å²) < 4.78 is 19.3.